The highest BCUT2D eigenvalue weighted by atomic mass is 16.5. The predicted molar refractivity (Wildman–Crippen MR) is 63.1 cm³/mol. The molecule has 0 spiro atoms. The third kappa shape index (κ3) is 3.46. The molecule has 2 nitrogen and oxygen atoms in total. The van der Waals surface area contributed by atoms with E-state index >= 15 is 0 Å². The van der Waals surface area contributed by atoms with Crippen molar-refractivity contribution < 1.29 is 4.74 Å². The molecule has 2 saturated carbocycles. The molecule has 2 aliphatic carbocycles. The summed E-state index contributed by atoms with van der Waals surface area (Å²) in [7, 11) is 0. The molecule has 0 aromatic carbocycles. The molecule has 15 heavy (non-hydrogen) atoms. The van der Waals surface area contributed by atoms with Gasteiger partial charge in [0.15, 0.2) is 0 Å². The van der Waals surface area contributed by atoms with Crippen LogP contribution in [0.15, 0.2) is 0 Å². The average molecular weight is 211 g/mol. The van der Waals surface area contributed by atoms with Gasteiger partial charge in [-0.1, -0.05) is 32.6 Å². The Balaban J connectivity index is 1.61. The molecule has 0 atom stereocenters. The minimum atomic E-state index is 0.567. The molecule has 0 aromatic heterocycles. The maximum absolute atomic E-state index is 6.14. The van der Waals surface area contributed by atoms with Gasteiger partial charge in [-0.15, -0.1) is 0 Å². The van der Waals surface area contributed by atoms with Gasteiger partial charge in [-0.2, -0.15) is 0 Å². The Hall–Kier alpha value is -0.0800. The molecular formula is C13H25NO. The van der Waals surface area contributed by atoms with E-state index in [-0.39, 0.29) is 0 Å². The molecule has 0 amide bonds. The second-order valence-corrected chi connectivity index (χ2v) is 5.10. The highest BCUT2D eigenvalue weighted by Crippen LogP contribution is 2.28. The standard InChI is InChI=1S/C13H25NO/c1-2-14-11-9-13(10-11)15-12-7-5-3-4-6-8-12/h11-14H,2-10H2,1H3. The van der Waals surface area contributed by atoms with Crippen LogP contribution in [0.25, 0.3) is 0 Å². The maximum Gasteiger partial charge on any atom is 0.0608 e. The zero-order valence-electron chi connectivity index (χ0n) is 10.0. The quantitative estimate of drug-likeness (QED) is 0.722. The van der Waals surface area contributed by atoms with Gasteiger partial charge in [0.05, 0.1) is 12.2 Å². The molecule has 2 rings (SSSR count). The third-order valence-corrected chi connectivity index (χ3v) is 3.77. The van der Waals surface area contributed by atoms with E-state index in [1.807, 2.05) is 0 Å². The van der Waals surface area contributed by atoms with Gasteiger partial charge >= 0.3 is 0 Å². The first-order chi connectivity index (χ1) is 7.38. The largest absolute Gasteiger partial charge is 0.375 e. The molecule has 88 valence electrons. The summed E-state index contributed by atoms with van der Waals surface area (Å²) in [6, 6.07) is 0.741. The molecule has 0 unspecified atom stereocenters. The van der Waals surface area contributed by atoms with Crippen molar-refractivity contribution in [3.63, 3.8) is 0 Å². The van der Waals surface area contributed by atoms with Crippen molar-refractivity contribution in [2.45, 2.75) is 76.5 Å². The molecule has 0 radical (unpaired) electrons. The van der Waals surface area contributed by atoms with Crippen LogP contribution in [0.5, 0.6) is 0 Å². The molecule has 0 bridgehead atoms. The first kappa shape index (κ1) is 11.4. The number of hydrogen-bond acceptors (Lipinski definition) is 2. The summed E-state index contributed by atoms with van der Waals surface area (Å²) in [5.41, 5.74) is 0. The van der Waals surface area contributed by atoms with Crippen LogP contribution >= 0.6 is 0 Å². The van der Waals surface area contributed by atoms with Crippen LogP contribution in [0.4, 0.5) is 0 Å². The summed E-state index contributed by atoms with van der Waals surface area (Å²) < 4.78 is 6.14. The lowest BCUT2D eigenvalue weighted by atomic mass is 9.89. The Morgan fingerprint density at radius 1 is 1.00 bits per heavy atom. The van der Waals surface area contributed by atoms with Crippen LogP contribution in [-0.4, -0.2) is 24.8 Å². The van der Waals surface area contributed by atoms with Gasteiger partial charge in [0.25, 0.3) is 0 Å². The Labute approximate surface area is 93.8 Å². The van der Waals surface area contributed by atoms with Crippen LogP contribution in [-0.2, 0) is 4.74 Å². The highest BCUT2D eigenvalue weighted by Gasteiger charge is 2.31. The molecule has 0 saturated heterocycles. The van der Waals surface area contributed by atoms with Crippen LogP contribution in [0.2, 0.25) is 0 Å². The first-order valence-electron chi connectivity index (χ1n) is 6.77. The molecule has 1 N–H and O–H groups in total. The number of rotatable bonds is 4. The van der Waals surface area contributed by atoms with Gasteiger partial charge in [-0.3, -0.25) is 0 Å². The maximum atomic E-state index is 6.14. The van der Waals surface area contributed by atoms with Crippen molar-refractivity contribution in [3.8, 4) is 0 Å². The Morgan fingerprint density at radius 2 is 1.67 bits per heavy atom. The van der Waals surface area contributed by atoms with Crippen LogP contribution < -0.4 is 5.32 Å². The van der Waals surface area contributed by atoms with Gasteiger partial charge < -0.3 is 10.1 Å². The fraction of sp³-hybridized carbons (Fsp3) is 1.00. The summed E-state index contributed by atoms with van der Waals surface area (Å²) in [6.07, 6.45) is 11.9. The van der Waals surface area contributed by atoms with E-state index in [1.165, 1.54) is 51.4 Å². The van der Waals surface area contributed by atoms with Crippen LogP contribution in [0.3, 0.4) is 0 Å². The van der Waals surface area contributed by atoms with Crippen molar-refractivity contribution >= 4 is 0 Å². The van der Waals surface area contributed by atoms with E-state index in [9.17, 15) is 0 Å². The van der Waals surface area contributed by atoms with Gasteiger partial charge in [-0.05, 0) is 32.2 Å². The fourth-order valence-corrected chi connectivity index (χ4v) is 2.78. The number of nitrogens with one attached hydrogen (secondary N) is 1. The van der Waals surface area contributed by atoms with E-state index in [4.69, 9.17) is 4.74 Å². The lowest BCUT2D eigenvalue weighted by Crippen LogP contribution is -2.46. The second-order valence-electron chi connectivity index (χ2n) is 5.10. The van der Waals surface area contributed by atoms with Crippen molar-refractivity contribution in [2.24, 2.45) is 0 Å². The van der Waals surface area contributed by atoms with Crippen molar-refractivity contribution in [1.82, 2.24) is 5.32 Å². The smallest absolute Gasteiger partial charge is 0.0608 e. The zero-order chi connectivity index (χ0) is 10.5. The van der Waals surface area contributed by atoms with Crippen LogP contribution in [0, 0.1) is 0 Å². The zero-order valence-corrected chi connectivity index (χ0v) is 10.0. The van der Waals surface area contributed by atoms with Crippen molar-refractivity contribution in [3.05, 3.63) is 0 Å². The summed E-state index contributed by atoms with van der Waals surface area (Å²) in [6.45, 7) is 3.28. The lowest BCUT2D eigenvalue weighted by Gasteiger charge is -2.37. The molecular weight excluding hydrogens is 186 g/mol. The molecule has 0 aromatic rings. The average Bonchev–Trinajstić information content (AvgIpc) is 2.43. The van der Waals surface area contributed by atoms with E-state index in [0.29, 0.717) is 12.2 Å². The summed E-state index contributed by atoms with van der Waals surface area (Å²) in [4.78, 5) is 0. The van der Waals surface area contributed by atoms with Gasteiger partial charge in [0.1, 0.15) is 0 Å². The normalized spacial score (nSPS) is 33.4. The van der Waals surface area contributed by atoms with Crippen LogP contribution in [0.1, 0.15) is 58.3 Å². The lowest BCUT2D eigenvalue weighted by molar-refractivity contribution is -0.0689. The molecule has 2 aliphatic rings. The molecule has 0 heterocycles. The minimum Gasteiger partial charge on any atom is -0.375 e. The monoisotopic (exact) mass is 211 g/mol. The number of hydrogen-bond donors (Lipinski definition) is 1. The first-order valence-corrected chi connectivity index (χ1v) is 6.77. The van der Waals surface area contributed by atoms with E-state index in [0.717, 1.165) is 12.6 Å². The fourth-order valence-electron chi connectivity index (χ4n) is 2.78. The Morgan fingerprint density at radius 3 is 2.27 bits per heavy atom. The highest BCUT2D eigenvalue weighted by molar-refractivity contribution is 4.86. The van der Waals surface area contributed by atoms with Gasteiger partial charge in [0.2, 0.25) is 0 Å². The molecule has 2 fully saturated rings. The summed E-state index contributed by atoms with van der Waals surface area (Å²) >= 11 is 0. The predicted octanol–water partition coefficient (Wildman–Crippen LogP) is 2.87. The third-order valence-electron chi connectivity index (χ3n) is 3.77. The summed E-state index contributed by atoms with van der Waals surface area (Å²) in [5.74, 6) is 0. The summed E-state index contributed by atoms with van der Waals surface area (Å²) in [5, 5.41) is 3.48. The SMILES string of the molecule is CCNC1CC(OC2CCCCCC2)C1. The Bertz CT molecular complexity index is 169. The van der Waals surface area contributed by atoms with E-state index in [1.54, 1.807) is 0 Å². The number of ether oxygens (including phenoxy) is 1. The second kappa shape index (κ2) is 5.86. The van der Waals surface area contributed by atoms with Crippen molar-refractivity contribution in [2.75, 3.05) is 6.54 Å². The van der Waals surface area contributed by atoms with Gasteiger partial charge in [-0.25, -0.2) is 0 Å². The molecule has 0 aliphatic heterocycles. The minimum absolute atomic E-state index is 0.567. The van der Waals surface area contributed by atoms with Crippen molar-refractivity contribution in [1.29, 1.82) is 0 Å². The van der Waals surface area contributed by atoms with E-state index in [2.05, 4.69) is 12.2 Å². The van der Waals surface area contributed by atoms with Gasteiger partial charge in [0, 0.05) is 6.04 Å². The topological polar surface area (TPSA) is 21.3 Å². The van der Waals surface area contributed by atoms with E-state index < -0.39 is 0 Å². The molecule has 2 heteroatoms. The Kier molecular flexibility index (Phi) is 4.45.